The molecule has 7 heteroatoms. The molecule has 1 aromatic heterocycles. The molecule has 1 aromatic carbocycles. The van der Waals surface area contributed by atoms with Gasteiger partial charge in [-0.25, -0.2) is 21.9 Å². The highest BCUT2D eigenvalue weighted by Crippen LogP contribution is 2.17. The highest BCUT2D eigenvalue weighted by molar-refractivity contribution is 7.89. The number of nitrogens with zero attached hydrogens (tertiary/aromatic N) is 1. The van der Waals surface area contributed by atoms with E-state index in [0.29, 0.717) is 11.8 Å². The van der Waals surface area contributed by atoms with Crippen LogP contribution in [0, 0.1) is 11.6 Å². The van der Waals surface area contributed by atoms with Gasteiger partial charge in [-0.3, -0.25) is 4.98 Å². The smallest absolute Gasteiger partial charge is 0.241 e. The lowest BCUT2D eigenvalue weighted by Gasteiger charge is -2.13. The van der Waals surface area contributed by atoms with Crippen LogP contribution in [-0.4, -0.2) is 13.4 Å². The van der Waals surface area contributed by atoms with Gasteiger partial charge in [0.15, 0.2) is 0 Å². The topological polar surface area (TPSA) is 59.1 Å². The van der Waals surface area contributed by atoms with E-state index in [1.807, 2.05) is 0 Å². The van der Waals surface area contributed by atoms with E-state index in [9.17, 15) is 17.2 Å². The number of benzene rings is 1. The number of rotatable bonds is 4. The first-order valence-corrected chi connectivity index (χ1v) is 7.26. The minimum Gasteiger partial charge on any atom is -0.260 e. The van der Waals surface area contributed by atoms with Gasteiger partial charge in [0, 0.05) is 12.3 Å². The molecule has 0 aliphatic heterocycles. The van der Waals surface area contributed by atoms with Crippen molar-refractivity contribution in [1.29, 1.82) is 0 Å². The fraction of sp³-hybridized carbons (Fsp3) is 0.154. The van der Waals surface area contributed by atoms with E-state index in [2.05, 4.69) is 9.71 Å². The SMILES string of the molecule is C[C@@H](NS(=O)(=O)c1cc(F)cc(F)c1)c1ccccn1. The quantitative estimate of drug-likeness (QED) is 0.943. The molecule has 1 heterocycles. The van der Waals surface area contributed by atoms with Crippen LogP contribution < -0.4 is 4.72 Å². The molecule has 1 N–H and O–H groups in total. The summed E-state index contributed by atoms with van der Waals surface area (Å²) in [6.45, 7) is 1.59. The molecule has 20 heavy (non-hydrogen) atoms. The lowest BCUT2D eigenvalue weighted by molar-refractivity contribution is 0.551. The number of nitrogens with one attached hydrogen (secondary N) is 1. The lowest BCUT2D eigenvalue weighted by atomic mass is 10.2. The summed E-state index contributed by atoms with van der Waals surface area (Å²) in [6, 6.07) is 6.59. The van der Waals surface area contributed by atoms with Gasteiger partial charge in [0.05, 0.1) is 16.6 Å². The van der Waals surface area contributed by atoms with Crippen molar-refractivity contribution in [3.8, 4) is 0 Å². The zero-order valence-electron chi connectivity index (χ0n) is 10.5. The van der Waals surface area contributed by atoms with E-state index in [4.69, 9.17) is 0 Å². The van der Waals surface area contributed by atoms with Gasteiger partial charge in [-0.1, -0.05) is 6.07 Å². The molecule has 0 aliphatic carbocycles. The third kappa shape index (κ3) is 3.37. The normalized spacial score (nSPS) is 13.2. The average molecular weight is 298 g/mol. The highest BCUT2D eigenvalue weighted by atomic mass is 32.2. The predicted molar refractivity (Wildman–Crippen MR) is 69.3 cm³/mol. The molecular weight excluding hydrogens is 286 g/mol. The van der Waals surface area contributed by atoms with E-state index < -0.39 is 32.6 Å². The Morgan fingerprint density at radius 3 is 2.35 bits per heavy atom. The van der Waals surface area contributed by atoms with Gasteiger partial charge >= 0.3 is 0 Å². The number of pyridine rings is 1. The highest BCUT2D eigenvalue weighted by Gasteiger charge is 2.20. The standard InChI is InChI=1S/C13H12F2N2O2S/c1-9(13-4-2-3-5-16-13)17-20(18,19)12-7-10(14)6-11(15)8-12/h2-9,17H,1H3/t9-/m1/s1. The maximum Gasteiger partial charge on any atom is 0.241 e. The molecule has 0 bridgehead atoms. The Kier molecular flexibility index (Phi) is 4.10. The van der Waals surface area contributed by atoms with Crippen LogP contribution in [0.4, 0.5) is 8.78 Å². The summed E-state index contributed by atoms with van der Waals surface area (Å²) in [5.41, 5.74) is 0.507. The molecular formula is C13H12F2N2O2S. The second-order valence-electron chi connectivity index (χ2n) is 4.20. The summed E-state index contributed by atoms with van der Waals surface area (Å²) in [5.74, 6) is -1.90. The fourth-order valence-electron chi connectivity index (χ4n) is 1.68. The Bertz CT molecular complexity index is 685. The van der Waals surface area contributed by atoms with Crippen LogP contribution in [0.3, 0.4) is 0 Å². The van der Waals surface area contributed by atoms with Gasteiger partial charge < -0.3 is 0 Å². The lowest BCUT2D eigenvalue weighted by Crippen LogP contribution is -2.27. The van der Waals surface area contributed by atoms with Crippen molar-refractivity contribution < 1.29 is 17.2 Å². The van der Waals surface area contributed by atoms with Crippen molar-refractivity contribution in [2.75, 3.05) is 0 Å². The number of halogens is 2. The monoisotopic (exact) mass is 298 g/mol. The Morgan fingerprint density at radius 2 is 1.80 bits per heavy atom. The molecule has 1 atom stereocenters. The van der Waals surface area contributed by atoms with Crippen LogP contribution in [0.15, 0.2) is 47.5 Å². The molecule has 0 unspecified atom stereocenters. The van der Waals surface area contributed by atoms with Gasteiger partial charge in [-0.05, 0) is 31.2 Å². The Labute approximate surface area is 115 Å². The van der Waals surface area contributed by atoms with Crippen molar-refractivity contribution in [3.05, 3.63) is 59.9 Å². The van der Waals surface area contributed by atoms with Crippen LogP contribution in [0.1, 0.15) is 18.7 Å². The molecule has 0 saturated heterocycles. The summed E-state index contributed by atoms with van der Waals surface area (Å²) < 4.78 is 52.6. The Morgan fingerprint density at radius 1 is 1.15 bits per heavy atom. The maximum atomic E-state index is 13.1. The third-order valence-electron chi connectivity index (χ3n) is 2.61. The summed E-state index contributed by atoms with van der Waals surface area (Å²) >= 11 is 0. The zero-order valence-corrected chi connectivity index (χ0v) is 11.4. The van der Waals surface area contributed by atoms with Crippen molar-refractivity contribution in [3.63, 3.8) is 0 Å². The largest absolute Gasteiger partial charge is 0.260 e. The van der Waals surface area contributed by atoms with Crippen LogP contribution >= 0.6 is 0 Å². The number of hydrogen-bond acceptors (Lipinski definition) is 3. The fourth-order valence-corrected chi connectivity index (χ4v) is 2.93. The second kappa shape index (κ2) is 5.64. The number of sulfonamides is 1. The van der Waals surface area contributed by atoms with E-state index in [1.54, 1.807) is 25.1 Å². The van der Waals surface area contributed by atoms with Gasteiger partial charge in [0.25, 0.3) is 0 Å². The van der Waals surface area contributed by atoms with Crippen LogP contribution in [-0.2, 0) is 10.0 Å². The average Bonchev–Trinajstić information content (AvgIpc) is 2.38. The summed E-state index contributed by atoms with van der Waals surface area (Å²) in [6.07, 6.45) is 1.53. The first kappa shape index (κ1) is 14.5. The zero-order chi connectivity index (χ0) is 14.8. The molecule has 0 amide bonds. The van der Waals surface area contributed by atoms with Crippen molar-refractivity contribution in [1.82, 2.24) is 9.71 Å². The molecule has 2 aromatic rings. The third-order valence-corrected chi connectivity index (χ3v) is 4.13. The molecule has 4 nitrogen and oxygen atoms in total. The van der Waals surface area contributed by atoms with Crippen LogP contribution in [0.2, 0.25) is 0 Å². The molecule has 0 fully saturated rings. The Hall–Kier alpha value is -1.86. The van der Waals surface area contributed by atoms with Crippen LogP contribution in [0.5, 0.6) is 0 Å². The predicted octanol–water partition coefficient (Wildman–Crippen LogP) is 2.40. The molecule has 0 saturated carbocycles. The molecule has 0 aliphatic rings. The van der Waals surface area contributed by atoms with E-state index in [0.717, 1.165) is 12.1 Å². The molecule has 0 radical (unpaired) electrons. The number of hydrogen-bond donors (Lipinski definition) is 1. The van der Waals surface area contributed by atoms with Crippen molar-refractivity contribution in [2.45, 2.75) is 17.9 Å². The first-order chi connectivity index (χ1) is 9.38. The molecule has 0 spiro atoms. The minimum atomic E-state index is -4.02. The minimum absolute atomic E-state index is 0.460. The van der Waals surface area contributed by atoms with Gasteiger partial charge in [0.2, 0.25) is 10.0 Å². The van der Waals surface area contributed by atoms with Gasteiger partial charge in [0.1, 0.15) is 11.6 Å². The van der Waals surface area contributed by atoms with Crippen molar-refractivity contribution in [2.24, 2.45) is 0 Å². The summed E-state index contributed by atoms with van der Waals surface area (Å²) in [5, 5.41) is 0. The maximum absolute atomic E-state index is 13.1. The molecule has 2 rings (SSSR count). The second-order valence-corrected chi connectivity index (χ2v) is 5.92. The molecule has 106 valence electrons. The Balaban J connectivity index is 2.27. The summed E-state index contributed by atoms with van der Waals surface area (Å²) in [4.78, 5) is 3.56. The van der Waals surface area contributed by atoms with E-state index in [1.165, 1.54) is 6.20 Å². The number of aromatic nitrogens is 1. The van der Waals surface area contributed by atoms with E-state index >= 15 is 0 Å². The van der Waals surface area contributed by atoms with Crippen LogP contribution in [0.25, 0.3) is 0 Å². The van der Waals surface area contributed by atoms with E-state index in [-0.39, 0.29) is 0 Å². The van der Waals surface area contributed by atoms with Gasteiger partial charge in [-0.2, -0.15) is 0 Å². The summed E-state index contributed by atoms with van der Waals surface area (Å²) in [7, 11) is -4.02. The first-order valence-electron chi connectivity index (χ1n) is 5.78. The van der Waals surface area contributed by atoms with Gasteiger partial charge in [-0.15, -0.1) is 0 Å². The van der Waals surface area contributed by atoms with Crippen molar-refractivity contribution >= 4 is 10.0 Å².